The van der Waals surface area contributed by atoms with Crippen molar-refractivity contribution in [2.45, 2.75) is 32.3 Å². The fraction of sp³-hybridized carbons (Fsp3) is 0.381. The maximum absolute atomic E-state index is 13.0. The van der Waals surface area contributed by atoms with E-state index in [2.05, 4.69) is 28.1 Å². The molecular weight excluding hydrogens is 394 g/mol. The molecule has 1 atom stereocenters. The van der Waals surface area contributed by atoms with Crippen LogP contribution in [0.5, 0.6) is 11.5 Å². The van der Waals surface area contributed by atoms with Crippen LogP contribution in [0, 0.1) is 0 Å². The number of benzene rings is 2. The molecule has 5 heteroatoms. The van der Waals surface area contributed by atoms with Crippen LogP contribution < -0.4 is 9.47 Å². The van der Waals surface area contributed by atoms with Crippen molar-refractivity contribution in [2.24, 2.45) is 0 Å². The number of ether oxygens (including phenoxy) is 2. The summed E-state index contributed by atoms with van der Waals surface area (Å²) in [4.78, 5) is 15.0. The van der Waals surface area contributed by atoms with Crippen LogP contribution in [0.3, 0.4) is 0 Å². The molecule has 2 aromatic carbocycles. The lowest BCUT2D eigenvalue weighted by molar-refractivity contribution is 0.0784. The quantitative estimate of drug-likeness (QED) is 0.695. The third kappa shape index (κ3) is 4.21. The van der Waals surface area contributed by atoms with Gasteiger partial charge in [-0.15, -0.1) is 0 Å². The van der Waals surface area contributed by atoms with Crippen LogP contribution in [0.1, 0.15) is 42.1 Å². The zero-order valence-corrected chi connectivity index (χ0v) is 17.0. The Balaban J connectivity index is 1.75. The van der Waals surface area contributed by atoms with Crippen LogP contribution in [0.25, 0.3) is 0 Å². The number of amides is 1. The van der Waals surface area contributed by atoms with Gasteiger partial charge < -0.3 is 14.4 Å². The summed E-state index contributed by atoms with van der Waals surface area (Å²) >= 11 is 3.46. The topological polar surface area (TPSA) is 38.8 Å². The average Bonchev–Trinajstić information content (AvgIpc) is 3.11. The van der Waals surface area contributed by atoms with Gasteiger partial charge in [-0.25, -0.2) is 0 Å². The van der Waals surface area contributed by atoms with Gasteiger partial charge in [0.1, 0.15) is 11.5 Å². The van der Waals surface area contributed by atoms with E-state index in [1.807, 2.05) is 49.1 Å². The van der Waals surface area contributed by atoms with E-state index < -0.39 is 0 Å². The smallest absolute Gasteiger partial charge is 0.257 e. The fourth-order valence-electron chi connectivity index (χ4n) is 3.29. The fourth-order valence-corrected chi connectivity index (χ4v) is 3.63. The minimum absolute atomic E-state index is 0.0153. The van der Waals surface area contributed by atoms with E-state index in [1.165, 1.54) is 5.56 Å². The number of hydrogen-bond acceptors (Lipinski definition) is 3. The van der Waals surface area contributed by atoms with E-state index in [-0.39, 0.29) is 12.0 Å². The summed E-state index contributed by atoms with van der Waals surface area (Å²) in [5.41, 5.74) is 1.87. The van der Waals surface area contributed by atoms with Crippen molar-refractivity contribution in [3.8, 4) is 11.5 Å². The van der Waals surface area contributed by atoms with E-state index in [4.69, 9.17) is 9.47 Å². The van der Waals surface area contributed by atoms with Gasteiger partial charge in [0, 0.05) is 23.5 Å². The molecule has 0 radical (unpaired) electrons. The van der Waals surface area contributed by atoms with E-state index in [0.717, 1.165) is 29.7 Å². The predicted molar refractivity (Wildman–Crippen MR) is 106 cm³/mol. The largest absolute Gasteiger partial charge is 0.497 e. The van der Waals surface area contributed by atoms with Crippen LogP contribution in [-0.2, 0) is 0 Å². The summed E-state index contributed by atoms with van der Waals surface area (Å²) < 4.78 is 12.0. The molecule has 1 aliphatic rings. The van der Waals surface area contributed by atoms with Gasteiger partial charge in [-0.3, -0.25) is 4.79 Å². The van der Waals surface area contributed by atoms with E-state index in [9.17, 15) is 4.79 Å². The van der Waals surface area contributed by atoms with Gasteiger partial charge in [-0.2, -0.15) is 0 Å². The average molecular weight is 418 g/mol. The van der Waals surface area contributed by atoms with E-state index in [0.29, 0.717) is 17.2 Å². The van der Waals surface area contributed by atoms with Crippen molar-refractivity contribution in [3.63, 3.8) is 0 Å². The molecule has 1 amide bonds. The number of nitrogens with zero attached hydrogens (tertiary/aromatic N) is 1. The lowest BCUT2D eigenvalue weighted by atomic mass is 9.98. The molecule has 1 fully saturated rings. The van der Waals surface area contributed by atoms with Gasteiger partial charge in [0.15, 0.2) is 0 Å². The molecular formula is C21H24BrNO3. The predicted octanol–water partition coefficient (Wildman–Crippen LogP) is 4.87. The van der Waals surface area contributed by atoms with Crippen molar-refractivity contribution in [1.82, 2.24) is 4.90 Å². The van der Waals surface area contributed by atoms with Gasteiger partial charge in [0.2, 0.25) is 0 Å². The molecule has 0 spiro atoms. The Morgan fingerprint density at radius 3 is 2.58 bits per heavy atom. The number of rotatable bonds is 5. The van der Waals surface area contributed by atoms with Crippen LogP contribution in [0.15, 0.2) is 46.9 Å². The molecule has 0 aliphatic carbocycles. The second-order valence-corrected chi connectivity index (χ2v) is 7.73. The molecule has 0 N–H and O–H groups in total. The van der Waals surface area contributed by atoms with Crippen LogP contribution in [0.2, 0.25) is 0 Å². The molecule has 138 valence electrons. The highest BCUT2D eigenvalue weighted by Crippen LogP contribution is 2.32. The third-order valence-electron chi connectivity index (χ3n) is 4.60. The van der Waals surface area contributed by atoms with E-state index >= 15 is 0 Å². The molecule has 0 aromatic heterocycles. The zero-order valence-electron chi connectivity index (χ0n) is 15.4. The molecule has 1 unspecified atom stereocenters. The maximum atomic E-state index is 13.0. The van der Waals surface area contributed by atoms with E-state index in [1.54, 1.807) is 7.11 Å². The molecule has 1 saturated heterocycles. The van der Waals surface area contributed by atoms with Crippen LogP contribution in [0.4, 0.5) is 0 Å². The zero-order chi connectivity index (χ0) is 18.7. The lowest BCUT2D eigenvalue weighted by Gasteiger charge is -2.20. The van der Waals surface area contributed by atoms with Crippen molar-refractivity contribution in [3.05, 3.63) is 58.1 Å². The first kappa shape index (κ1) is 18.8. The lowest BCUT2D eigenvalue weighted by Crippen LogP contribution is -2.29. The Labute approximate surface area is 163 Å². The van der Waals surface area contributed by atoms with Gasteiger partial charge in [0.05, 0.1) is 18.8 Å². The summed E-state index contributed by atoms with van der Waals surface area (Å²) in [5, 5.41) is 0. The normalized spacial score (nSPS) is 16.8. The molecule has 1 aliphatic heterocycles. The molecule has 3 rings (SSSR count). The first-order valence-electron chi connectivity index (χ1n) is 8.87. The minimum Gasteiger partial charge on any atom is -0.497 e. The van der Waals surface area contributed by atoms with Crippen molar-refractivity contribution in [1.29, 1.82) is 0 Å². The highest BCUT2D eigenvalue weighted by Gasteiger charge is 2.29. The van der Waals surface area contributed by atoms with Gasteiger partial charge >= 0.3 is 0 Å². The van der Waals surface area contributed by atoms with Gasteiger partial charge in [-0.1, -0.05) is 28.1 Å². The summed E-state index contributed by atoms with van der Waals surface area (Å²) in [6.07, 6.45) is 0.982. The molecule has 0 bridgehead atoms. The molecule has 1 heterocycles. The summed E-state index contributed by atoms with van der Waals surface area (Å²) in [6, 6.07) is 13.7. The maximum Gasteiger partial charge on any atom is 0.257 e. The Morgan fingerprint density at radius 2 is 1.92 bits per heavy atom. The van der Waals surface area contributed by atoms with Crippen molar-refractivity contribution >= 4 is 21.8 Å². The number of halogens is 1. The van der Waals surface area contributed by atoms with Gasteiger partial charge in [-0.05, 0) is 56.2 Å². The Hall–Kier alpha value is -2.01. The Kier molecular flexibility index (Phi) is 5.87. The molecule has 2 aromatic rings. The highest BCUT2D eigenvalue weighted by molar-refractivity contribution is 9.10. The number of carbonyl (C=O) groups is 1. The van der Waals surface area contributed by atoms with Crippen LogP contribution in [-0.4, -0.2) is 37.1 Å². The monoisotopic (exact) mass is 417 g/mol. The minimum atomic E-state index is 0.0153. The Morgan fingerprint density at radius 1 is 1.19 bits per heavy atom. The molecule has 4 nitrogen and oxygen atoms in total. The van der Waals surface area contributed by atoms with Gasteiger partial charge in [0.25, 0.3) is 5.91 Å². The number of likely N-dealkylation sites (tertiary alicyclic amines) is 1. The Bertz CT molecular complexity index is 773. The van der Waals surface area contributed by atoms with Crippen molar-refractivity contribution < 1.29 is 14.3 Å². The standard InChI is InChI=1S/C21H24BrNO3/c1-14(2)26-20-12-17(22)6-9-19(20)21(24)23-11-10-16(13-23)15-4-7-18(25-3)8-5-15/h4-9,12,14,16H,10-11,13H2,1-3H3. The summed E-state index contributed by atoms with van der Waals surface area (Å²) in [6.45, 7) is 5.41. The number of hydrogen-bond donors (Lipinski definition) is 0. The summed E-state index contributed by atoms with van der Waals surface area (Å²) in [5.74, 6) is 1.87. The highest BCUT2D eigenvalue weighted by atomic mass is 79.9. The SMILES string of the molecule is COc1ccc(C2CCN(C(=O)c3ccc(Br)cc3OC(C)C)C2)cc1. The number of methoxy groups -OCH3 is 1. The van der Waals surface area contributed by atoms with Crippen molar-refractivity contribution in [2.75, 3.05) is 20.2 Å². The molecule has 0 saturated carbocycles. The second kappa shape index (κ2) is 8.12. The third-order valence-corrected chi connectivity index (χ3v) is 5.09. The molecule has 26 heavy (non-hydrogen) atoms. The first-order chi connectivity index (χ1) is 12.5. The first-order valence-corrected chi connectivity index (χ1v) is 9.66. The van der Waals surface area contributed by atoms with Crippen LogP contribution >= 0.6 is 15.9 Å². The summed E-state index contributed by atoms with van der Waals surface area (Å²) in [7, 11) is 1.67. The second-order valence-electron chi connectivity index (χ2n) is 6.82. The number of carbonyl (C=O) groups excluding carboxylic acids is 1.